The predicted octanol–water partition coefficient (Wildman–Crippen LogP) is 1.44. The third-order valence-corrected chi connectivity index (χ3v) is 3.54. The third kappa shape index (κ3) is 2.67. The van der Waals surface area contributed by atoms with E-state index >= 15 is 0 Å². The summed E-state index contributed by atoms with van der Waals surface area (Å²) in [6.45, 7) is 1.17. The lowest BCUT2D eigenvalue weighted by atomic mass is 10.2. The van der Waals surface area contributed by atoms with E-state index in [4.69, 9.17) is 14.9 Å². The van der Waals surface area contributed by atoms with Crippen molar-refractivity contribution in [1.82, 2.24) is 4.57 Å². The van der Waals surface area contributed by atoms with Crippen molar-refractivity contribution in [2.45, 2.75) is 6.54 Å². The lowest BCUT2D eigenvalue weighted by Gasteiger charge is -2.19. The number of anilines is 1. The number of aromatic nitrogens is 1. The Morgan fingerprint density at radius 2 is 2.15 bits per heavy atom. The molecule has 0 saturated heterocycles. The molecule has 0 unspecified atom stereocenters. The fourth-order valence-electron chi connectivity index (χ4n) is 1.90. The van der Waals surface area contributed by atoms with Gasteiger partial charge in [0, 0.05) is 23.3 Å². The number of ether oxygens (including phenoxy) is 2. The van der Waals surface area contributed by atoms with Crippen LogP contribution in [0.1, 0.15) is 0 Å². The average molecular weight is 291 g/mol. The topological polar surface area (TPSA) is 76.3 Å². The van der Waals surface area contributed by atoms with Crippen molar-refractivity contribution in [2.24, 2.45) is 0 Å². The maximum Gasteiger partial charge on any atom is 0.244 e. The van der Waals surface area contributed by atoms with Gasteiger partial charge in [0.2, 0.25) is 5.91 Å². The summed E-state index contributed by atoms with van der Waals surface area (Å²) in [5, 5.41) is 12.2. The van der Waals surface area contributed by atoms with Crippen molar-refractivity contribution in [3.63, 3.8) is 0 Å². The molecule has 1 amide bonds. The molecule has 1 aromatic heterocycles. The molecule has 2 aromatic rings. The second-order valence-corrected chi connectivity index (χ2v) is 5.14. The number of thiazole rings is 1. The van der Waals surface area contributed by atoms with Gasteiger partial charge in [-0.3, -0.25) is 10.2 Å². The molecule has 1 aliphatic heterocycles. The van der Waals surface area contributed by atoms with Gasteiger partial charge in [0.25, 0.3) is 0 Å². The van der Waals surface area contributed by atoms with Crippen LogP contribution in [0.3, 0.4) is 0 Å². The Morgan fingerprint density at radius 3 is 2.90 bits per heavy atom. The monoisotopic (exact) mass is 291 g/mol. The Labute approximate surface area is 119 Å². The number of fused-ring (bicyclic) bond motifs is 1. The smallest absolute Gasteiger partial charge is 0.244 e. The predicted molar refractivity (Wildman–Crippen MR) is 74.2 cm³/mol. The highest BCUT2D eigenvalue weighted by Gasteiger charge is 2.13. The van der Waals surface area contributed by atoms with Crippen molar-refractivity contribution in [3.8, 4) is 11.5 Å². The van der Waals surface area contributed by atoms with Crippen molar-refractivity contribution in [2.75, 3.05) is 18.5 Å². The number of carbonyl (C=O) groups excluding carboxylic acids is 1. The lowest BCUT2D eigenvalue weighted by molar-refractivity contribution is -0.116. The molecular weight excluding hydrogens is 278 g/mol. The Hall–Kier alpha value is -2.28. The van der Waals surface area contributed by atoms with Crippen LogP contribution in [0.25, 0.3) is 0 Å². The van der Waals surface area contributed by atoms with Crippen LogP contribution in [0, 0.1) is 5.41 Å². The van der Waals surface area contributed by atoms with Crippen LogP contribution >= 0.6 is 11.3 Å². The third-order valence-electron chi connectivity index (χ3n) is 2.82. The van der Waals surface area contributed by atoms with Gasteiger partial charge in [0.15, 0.2) is 16.3 Å². The Kier molecular flexibility index (Phi) is 3.42. The van der Waals surface area contributed by atoms with E-state index in [1.165, 1.54) is 11.3 Å². The maximum absolute atomic E-state index is 11.9. The van der Waals surface area contributed by atoms with Gasteiger partial charge in [-0.1, -0.05) is 0 Å². The zero-order chi connectivity index (χ0) is 13.9. The molecule has 2 N–H and O–H groups in total. The average Bonchev–Trinajstić information content (AvgIpc) is 2.84. The maximum atomic E-state index is 11.9. The second kappa shape index (κ2) is 5.38. The Morgan fingerprint density at radius 1 is 1.35 bits per heavy atom. The molecule has 0 radical (unpaired) electrons. The number of benzene rings is 1. The van der Waals surface area contributed by atoms with E-state index in [-0.39, 0.29) is 12.5 Å². The summed E-state index contributed by atoms with van der Waals surface area (Å²) >= 11 is 1.28. The van der Waals surface area contributed by atoms with Crippen molar-refractivity contribution < 1.29 is 14.3 Å². The first-order valence-electron chi connectivity index (χ1n) is 6.10. The van der Waals surface area contributed by atoms with E-state index in [0.29, 0.717) is 35.2 Å². The van der Waals surface area contributed by atoms with Crippen molar-refractivity contribution in [3.05, 3.63) is 34.6 Å². The number of hydrogen-bond acceptors (Lipinski definition) is 5. The number of hydrogen-bond donors (Lipinski definition) is 2. The van der Waals surface area contributed by atoms with Gasteiger partial charge in [-0.05, 0) is 12.1 Å². The number of carbonyl (C=O) groups is 1. The number of nitrogens with zero attached hydrogens (tertiary/aromatic N) is 1. The SMILES string of the molecule is N=c1sccn1CC(=O)Nc1ccc2c(c1)OCCO2. The second-order valence-electron chi connectivity index (χ2n) is 4.24. The van der Waals surface area contributed by atoms with Crippen LogP contribution in [0.15, 0.2) is 29.8 Å². The van der Waals surface area contributed by atoms with Crippen LogP contribution in [0.4, 0.5) is 5.69 Å². The largest absolute Gasteiger partial charge is 0.486 e. The normalized spacial score (nSPS) is 13.0. The Bertz CT molecular complexity index is 692. The molecule has 7 heteroatoms. The summed E-state index contributed by atoms with van der Waals surface area (Å²) in [7, 11) is 0. The van der Waals surface area contributed by atoms with Gasteiger partial charge in [0.1, 0.15) is 19.8 Å². The summed E-state index contributed by atoms with van der Waals surface area (Å²) in [5.41, 5.74) is 0.654. The molecule has 3 rings (SSSR count). The highest BCUT2D eigenvalue weighted by atomic mass is 32.1. The molecule has 0 atom stereocenters. The molecule has 20 heavy (non-hydrogen) atoms. The highest BCUT2D eigenvalue weighted by molar-refractivity contribution is 7.06. The van der Waals surface area contributed by atoms with E-state index in [1.807, 2.05) is 0 Å². The van der Waals surface area contributed by atoms with Crippen LogP contribution in [0.2, 0.25) is 0 Å². The molecule has 2 heterocycles. The number of nitrogens with one attached hydrogen (secondary N) is 2. The van der Waals surface area contributed by atoms with E-state index in [0.717, 1.165) is 0 Å². The lowest BCUT2D eigenvalue weighted by Crippen LogP contribution is -2.24. The highest BCUT2D eigenvalue weighted by Crippen LogP contribution is 2.32. The zero-order valence-electron chi connectivity index (χ0n) is 10.6. The van der Waals surface area contributed by atoms with Gasteiger partial charge in [-0.2, -0.15) is 0 Å². The van der Waals surface area contributed by atoms with Crippen LogP contribution in [0.5, 0.6) is 11.5 Å². The van der Waals surface area contributed by atoms with Gasteiger partial charge >= 0.3 is 0 Å². The summed E-state index contributed by atoms with van der Waals surface area (Å²) in [5.74, 6) is 1.15. The van der Waals surface area contributed by atoms with E-state index in [2.05, 4.69) is 5.32 Å². The summed E-state index contributed by atoms with van der Waals surface area (Å²) < 4.78 is 12.5. The summed E-state index contributed by atoms with van der Waals surface area (Å²) in [6, 6.07) is 5.29. The van der Waals surface area contributed by atoms with Crippen LogP contribution in [-0.2, 0) is 11.3 Å². The molecule has 0 spiro atoms. The Balaban J connectivity index is 1.70. The number of rotatable bonds is 3. The van der Waals surface area contributed by atoms with E-state index < -0.39 is 0 Å². The van der Waals surface area contributed by atoms with E-state index in [9.17, 15) is 4.79 Å². The first-order valence-corrected chi connectivity index (χ1v) is 6.98. The first kappa shape index (κ1) is 12.7. The molecule has 1 aliphatic rings. The molecule has 0 saturated carbocycles. The molecule has 0 bridgehead atoms. The van der Waals surface area contributed by atoms with Crippen LogP contribution in [-0.4, -0.2) is 23.7 Å². The quantitative estimate of drug-likeness (QED) is 0.898. The molecule has 1 aromatic carbocycles. The molecule has 0 fully saturated rings. The minimum absolute atomic E-state index is 0.122. The van der Waals surface area contributed by atoms with E-state index in [1.54, 1.807) is 34.3 Å². The minimum atomic E-state index is -0.182. The summed E-state index contributed by atoms with van der Waals surface area (Å²) in [4.78, 5) is 12.3. The standard InChI is InChI=1S/C13H13N3O3S/c14-13-16(3-6-20-13)8-12(17)15-9-1-2-10-11(7-9)19-5-4-18-10/h1-3,6-7,14H,4-5,8H2,(H,15,17). The van der Waals surface area contributed by atoms with Crippen molar-refractivity contribution in [1.29, 1.82) is 5.41 Å². The van der Waals surface area contributed by atoms with Crippen LogP contribution < -0.4 is 19.6 Å². The molecule has 104 valence electrons. The zero-order valence-corrected chi connectivity index (χ0v) is 11.4. The fourth-order valence-corrected chi connectivity index (χ4v) is 2.50. The minimum Gasteiger partial charge on any atom is -0.486 e. The first-order chi connectivity index (χ1) is 9.72. The summed E-state index contributed by atoms with van der Waals surface area (Å²) in [6.07, 6.45) is 1.72. The molecule has 6 nitrogen and oxygen atoms in total. The van der Waals surface area contributed by atoms with Crippen molar-refractivity contribution >= 4 is 22.9 Å². The fraction of sp³-hybridized carbons (Fsp3) is 0.231. The molecular formula is C13H13N3O3S. The van der Waals surface area contributed by atoms with Gasteiger partial charge < -0.3 is 19.4 Å². The van der Waals surface area contributed by atoms with Gasteiger partial charge in [-0.15, -0.1) is 11.3 Å². The number of amides is 1. The van der Waals surface area contributed by atoms with Gasteiger partial charge in [0.05, 0.1) is 0 Å². The van der Waals surface area contributed by atoms with Gasteiger partial charge in [-0.25, -0.2) is 0 Å². The molecule has 0 aliphatic carbocycles.